The summed E-state index contributed by atoms with van der Waals surface area (Å²) in [6, 6.07) is 8.29. The summed E-state index contributed by atoms with van der Waals surface area (Å²) >= 11 is 6.13. The first-order valence-corrected chi connectivity index (χ1v) is 7.81. The second-order valence-corrected chi connectivity index (χ2v) is 5.75. The van der Waals surface area contributed by atoms with Gasteiger partial charge in [0.25, 0.3) is 5.91 Å². The molecule has 24 heavy (non-hydrogen) atoms. The first-order chi connectivity index (χ1) is 11.5. The largest absolute Gasteiger partial charge is 0.378 e. The van der Waals surface area contributed by atoms with Crippen molar-refractivity contribution < 1.29 is 18.3 Å². The van der Waals surface area contributed by atoms with Gasteiger partial charge >= 0.3 is 0 Å². The molecular weight excluding hydrogens is 338 g/mol. The van der Waals surface area contributed by atoms with Crippen molar-refractivity contribution in [1.29, 1.82) is 0 Å². The lowest BCUT2D eigenvalue weighted by Gasteiger charge is -2.29. The Morgan fingerprint density at radius 1 is 1.08 bits per heavy atom. The van der Waals surface area contributed by atoms with Crippen molar-refractivity contribution in [2.45, 2.75) is 0 Å². The van der Waals surface area contributed by atoms with Crippen LogP contribution in [0.1, 0.15) is 10.4 Å². The van der Waals surface area contributed by atoms with Crippen LogP contribution in [-0.4, -0.2) is 32.2 Å². The highest BCUT2D eigenvalue weighted by Crippen LogP contribution is 2.28. The molecule has 2 aromatic carbocycles. The second kappa shape index (κ2) is 7.15. The van der Waals surface area contributed by atoms with E-state index in [-0.39, 0.29) is 5.56 Å². The Hall–Kier alpha value is -2.18. The maximum absolute atomic E-state index is 13.3. The first-order valence-electron chi connectivity index (χ1n) is 7.43. The maximum atomic E-state index is 13.3. The Labute approximate surface area is 143 Å². The summed E-state index contributed by atoms with van der Waals surface area (Å²) in [6.07, 6.45) is 0. The number of morpholine rings is 1. The maximum Gasteiger partial charge on any atom is 0.255 e. The van der Waals surface area contributed by atoms with Gasteiger partial charge in [-0.25, -0.2) is 8.78 Å². The van der Waals surface area contributed by atoms with Gasteiger partial charge in [-0.2, -0.15) is 0 Å². The molecule has 2 aromatic rings. The summed E-state index contributed by atoms with van der Waals surface area (Å²) < 4.78 is 31.5. The van der Waals surface area contributed by atoms with E-state index in [1.807, 2.05) is 6.07 Å². The molecule has 4 nitrogen and oxygen atoms in total. The Kier molecular flexibility index (Phi) is 4.97. The third-order valence-corrected chi connectivity index (χ3v) is 4.09. The van der Waals surface area contributed by atoms with Crippen molar-refractivity contribution in [1.82, 2.24) is 0 Å². The lowest BCUT2D eigenvalue weighted by Crippen LogP contribution is -2.36. The highest BCUT2D eigenvalue weighted by Gasteiger charge is 2.15. The fourth-order valence-corrected chi connectivity index (χ4v) is 2.62. The van der Waals surface area contributed by atoms with E-state index in [0.29, 0.717) is 23.9 Å². The summed E-state index contributed by atoms with van der Waals surface area (Å²) in [5.74, 6) is -2.63. The van der Waals surface area contributed by atoms with Crippen LogP contribution in [0.4, 0.5) is 20.2 Å². The van der Waals surface area contributed by atoms with Crippen molar-refractivity contribution in [3.63, 3.8) is 0 Å². The van der Waals surface area contributed by atoms with Crippen molar-refractivity contribution in [3.05, 3.63) is 58.6 Å². The molecule has 1 amide bonds. The number of carbonyl (C=O) groups excluding carboxylic acids is 1. The van der Waals surface area contributed by atoms with Gasteiger partial charge in [0, 0.05) is 24.3 Å². The molecule has 1 saturated heterocycles. The molecule has 0 aromatic heterocycles. The average molecular weight is 353 g/mol. The standard InChI is InChI=1S/C17H15ClF2N2O2/c18-13-3-2-12(22-5-7-24-8-6-22)10-16(13)21-17(23)11-1-4-14(19)15(20)9-11/h1-4,9-10H,5-8H2,(H,21,23). The zero-order valence-corrected chi connectivity index (χ0v) is 13.4. The summed E-state index contributed by atoms with van der Waals surface area (Å²) in [4.78, 5) is 14.3. The molecule has 1 heterocycles. The van der Waals surface area contributed by atoms with E-state index < -0.39 is 17.5 Å². The number of nitrogens with zero attached hydrogens (tertiary/aromatic N) is 1. The second-order valence-electron chi connectivity index (χ2n) is 5.35. The lowest BCUT2D eigenvalue weighted by atomic mass is 10.2. The lowest BCUT2D eigenvalue weighted by molar-refractivity contribution is 0.102. The number of ether oxygens (including phenoxy) is 1. The van der Waals surface area contributed by atoms with Crippen LogP contribution >= 0.6 is 11.6 Å². The van der Waals surface area contributed by atoms with Crippen LogP contribution in [0.3, 0.4) is 0 Å². The zero-order valence-electron chi connectivity index (χ0n) is 12.7. The van der Waals surface area contributed by atoms with Crippen LogP contribution in [0.2, 0.25) is 5.02 Å². The molecule has 126 valence electrons. The van der Waals surface area contributed by atoms with Crippen LogP contribution in [-0.2, 0) is 4.74 Å². The summed E-state index contributed by atoms with van der Waals surface area (Å²) in [5.41, 5.74) is 1.33. The number of anilines is 2. The molecule has 0 spiro atoms. The first kappa shape index (κ1) is 16.7. The third-order valence-electron chi connectivity index (χ3n) is 3.76. The predicted octanol–water partition coefficient (Wildman–Crippen LogP) is 3.71. The number of benzene rings is 2. The number of rotatable bonds is 3. The van der Waals surface area contributed by atoms with Gasteiger partial charge in [-0.3, -0.25) is 4.79 Å². The van der Waals surface area contributed by atoms with E-state index in [4.69, 9.17) is 16.3 Å². The summed E-state index contributed by atoms with van der Waals surface area (Å²) in [5, 5.41) is 3.00. The number of hydrogen-bond acceptors (Lipinski definition) is 3. The molecule has 0 saturated carbocycles. The van der Waals surface area contributed by atoms with Crippen LogP contribution in [0.15, 0.2) is 36.4 Å². The number of halogens is 3. The van der Waals surface area contributed by atoms with E-state index in [2.05, 4.69) is 10.2 Å². The zero-order chi connectivity index (χ0) is 17.1. The van der Waals surface area contributed by atoms with Gasteiger partial charge in [0.1, 0.15) is 0 Å². The van der Waals surface area contributed by atoms with Crippen LogP contribution in [0.25, 0.3) is 0 Å². The molecule has 1 aliphatic rings. The van der Waals surface area contributed by atoms with Crippen molar-refractivity contribution in [2.24, 2.45) is 0 Å². The van der Waals surface area contributed by atoms with E-state index in [9.17, 15) is 13.6 Å². The number of hydrogen-bond donors (Lipinski definition) is 1. The highest BCUT2D eigenvalue weighted by molar-refractivity contribution is 6.34. The fraction of sp³-hybridized carbons (Fsp3) is 0.235. The van der Waals surface area contributed by atoms with E-state index in [0.717, 1.165) is 30.9 Å². The molecule has 7 heteroatoms. The van der Waals surface area contributed by atoms with Crippen LogP contribution in [0, 0.1) is 11.6 Å². The van der Waals surface area contributed by atoms with E-state index >= 15 is 0 Å². The number of nitrogens with one attached hydrogen (secondary N) is 1. The van der Waals surface area contributed by atoms with Crippen LogP contribution < -0.4 is 10.2 Å². The predicted molar refractivity (Wildman–Crippen MR) is 88.8 cm³/mol. The van der Waals surface area contributed by atoms with Crippen LogP contribution in [0.5, 0.6) is 0 Å². The van der Waals surface area contributed by atoms with Crippen molar-refractivity contribution in [3.8, 4) is 0 Å². The molecule has 0 radical (unpaired) electrons. The van der Waals surface area contributed by atoms with Gasteiger partial charge in [-0.15, -0.1) is 0 Å². The smallest absolute Gasteiger partial charge is 0.255 e. The van der Waals surface area contributed by atoms with Crippen molar-refractivity contribution >= 4 is 28.9 Å². The van der Waals surface area contributed by atoms with Crippen molar-refractivity contribution in [2.75, 3.05) is 36.5 Å². The van der Waals surface area contributed by atoms with Gasteiger partial charge in [-0.05, 0) is 36.4 Å². The minimum absolute atomic E-state index is 0.0155. The monoisotopic (exact) mass is 352 g/mol. The van der Waals surface area contributed by atoms with Gasteiger partial charge in [0.05, 0.1) is 23.9 Å². The van der Waals surface area contributed by atoms with E-state index in [1.165, 1.54) is 6.07 Å². The summed E-state index contributed by atoms with van der Waals surface area (Å²) in [6.45, 7) is 2.77. The average Bonchev–Trinajstić information content (AvgIpc) is 2.60. The number of carbonyl (C=O) groups is 1. The fourth-order valence-electron chi connectivity index (χ4n) is 2.46. The normalized spacial score (nSPS) is 14.5. The highest BCUT2D eigenvalue weighted by atomic mass is 35.5. The minimum Gasteiger partial charge on any atom is -0.378 e. The number of amides is 1. The third kappa shape index (κ3) is 3.66. The Morgan fingerprint density at radius 3 is 2.54 bits per heavy atom. The Bertz CT molecular complexity index is 764. The molecule has 1 N–H and O–H groups in total. The van der Waals surface area contributed by atoms with Gasteiger partial charge in [0.2, 0.25) is 0 Å². The molecule has 1 aliphatic heterocycles. The van der Waals surface area contributed by atoms with Gasteiger partial charge in [-0.1, -0.05) is 11.6 Å². The molecule has 1 fully saturated rings. The molecule has 0 aliphatic carbocycles. The molecule has 0 bridgehead atoms. The molecule has 3 rings (SSSR count). The van der Waals surface area contributed by atoms with Gasteiger partial charge < -0.3 is 15.0 Å². The summed E-state index contributed by atoms with van der Waals surface area (Å²) in [7, 11) is 0. The Balaban J connectivity index is 1.80. The molecule has 0 unspecified atom stereocenters. The Morgan fingerprint density at radius 2 is 1.83 bits per heavy atom. The molecule has 0 atom stereocenters. The quantitative estimate of drug-likeness (QED) is 0.915. The topological polar surface area (TPSA) is 41.6 Å². The SMILES string of the molecule is O=C(Nc1cc(N2CCOCC2)ccc1Cl)c1ccc(F)c(F)c1. The molecular formula is C17H15ClF2N2O2. The van der Waals surface area contributed by atoms with Gasteiger partial charge in [0.15, 0.2) is 11.6 Å². The van der Waals surface area contributed by atoms with E-state index in [1.54, 1.807) is 12.1 Å². The minimum atomic E-state index is -1.07.